The van der Waals surface area contributed by atoms with Gasteiger partial charge in [-0.1, -0.05) is 0 Å². The number of rotatable bonds is 4. The summed E-state index contributed by atoms with van der Waals surface area (Å²) >= 11 is 0. The molecule has 0 bridgehead atoms. The standard InChI is InChI=1S/C17H25N3O3S/c1-13(18)14-4-2-10-19(12-14)24(22,23)16-8-6-15(7-9-16)20-11-3-5-17(20)21/h6-9,13-14H,2-5,10-12,18H2,1H3/t13-,14-/m0/s1. The summed E-state index contributed by atoms with van der Waals surface area (Å²) in [5, 5.41) is 0. The second kappa shape index (κ2) is 6.82. The third-order valence-corrected chi connectivity index (χ3v) is 6.90. The fourth-order valence-corrected chi connectivity index (χ4v) is 5.03. The molecule has 1 aromatic carbocycles. The summed E-state index contributed by atoms with van der Waals surface area (Å²) < 4.78 is 27.3. The highest BCUT2D eigenvalue weighted by molar-refractivity contribution is 7.89. The maximum Gasteiger partial charge on any atom is 0.243 e. The zero-order chi connectivity index (χ0) is 17.3. The number of benzene rings is 1. The average molecular weight is 351 g/mol. The third kappa shape index (κ3) is 3.34. The molecule has 1 aromatic rings. The molecule has 2 aliphatic rings. The largest absolute Gasteiger partial charge is 0.328 e. The van der Waals surface area contributed by atoms with E-state index in [2.05, 4.69) is 0 Å². The van der Waals surface area contributed by atoms with Gasteiger partial charge in [-0.15, -0.1) is 0 Å². The molecule has 0 radical (unpaired) electrons. The molecule has 0 saturated carbocycles. The first-order chi connectivity index (χ1) is 11.4. The lowest BCUT2D eigenvalue weighted by molar-refractivity contribution is -0.117. The van der Waals surface area contributed by atoms with Gasteiger partial charge in [-0.3, -0.25) is 4.79 Å². The number of carbonyl (C=O) groups is 1. The zero-order valence-electron chi connectivity index (χ0n) is 14.0. The van der Waals surface area contributed by atoms with E-state index in [1.165, 1.54) is 0 Å². The van der Waals surface area contributed by atoms with Crippen molar-refractivity contribution >= 4 is 21.6 Å². The number of nitrogens with two attached hydrogens (primary N) is 1. The molecule has 6 nitrogen and oxygen atoms in total. The first-order valence-corrected chi connectivity index (χ1v) is 10.00. The van der Waals surface area contributed by atoms with E-state index in [0.29, 0.717) is 26.1 Å². The second-order valence-corrected chi connectivity index (χ2v) is 8.71. The van der Waals surface area contributed by atoms with E-state index in [1.54, 1.807) is 33.5 Å². The highest BCUT2D eigenvalue weighted by Gasteiger charge is 2.31. The minimum atomic E-state index is -3.51. The van der Waals surface area contributed by atoms with Gasteiger partial charge in [-0.05, 0) is 56.4 Å². The number of hydrogen-bond acceptors (Lipinski definition) is 4. The van der Waals surface area contributed by atoms with Crippen LogP contribution in [0.2, 0.25) is 0 Å². The molecule has 132 valence electrons. The number of amides is 1. The quantitative estimate of drug-likeness (QED) is 0.892. The molecule has 2 fully saturated rings. The van der Waals surface area contributed by atoms with Crippen molar-refractivity contribution in [2.75, 3.05) is 24.5 Å². The number of sulfonamides is 1. The van der Waals surface area contributed by atoms with Gasteiger partial charge in [0.05, 0.1) is 4.90 Å². The van der Waals surface area contributed by atoms with Crippen molar-refractivity contribution in [3.05, 3.63) is 24.3 Å². The molecule has 0 spiro atoms. The molecule has 2 atom stereocenters. The van der Waals surface area contributed by atoms with Crippen molar-refractivity contribution in [2.24, 2.45) is 11.7 Å². The summed E-state index contributed by atoms with van der Waals surface area (Å²) in [5.41, 5.74) is 6.72. The van der Waals surface area contributed by atoms with E-state index in [4.69, 9.17) is 5.73 Å². The maximum atomic E-state index is 12.9. The van der Waals surface area contributed by atoms with Gasteiger partial charge in [0.2, 0.25) is 15.9 Å². The zero-order valence-corrected chi connectivity index (χ0v) is 14.8. The summed E-state index contributed by atoms with van der Waals surface area (Å²) in [4.78, 5) is 13.8. The van der Waals surface area contributed by atoms with Gasteiger partial charge in [0, 0.05) is 37.8 Å². The summed E-state index contributed by atoms with van der Waals surface area (Å²) in [6.45, 7) is 3.65. The fourth-order valence-electron chi connectivity index (χ4n) is 3.49. The highest BCUT2D eigenvalue weighted by atomic mass is 32.2. The van der Waals surface area contributed by atoms with Crippen LogP contribution in [0.3, 0.4) is 0 Å². The van der Waals surface area contributed by atoms with Crippen molar-refractivity contribution in [3.8, 4) is 0 Å². The minimum Gasteiger partial charge on any atom is -0.328 e. The molecular formula is C17H25N3O3S. The SMILES string of the molecule is C[C@H](N)[C@H]1CCCN(S(=O)(=O)c2ccc(N3CCCC3=O)cc2)C1. The summed E-state index contributed by atoms with van der Waals surface area (Å²) in [6, 6.07) is 6.65. The maximum absolute atomic E-state index is 12.9. The first-order valence-electron chi connectivity index (χ1n) is 8.56. The molecule has 24 heavy (non-hydrogen) atoms. The number of piperidine rings is 1. The van der Waals surface area contributed by atoms with Crippen molar-refractivity contribution < 1.29 is 13.2 Å². The Kier molecular flexibility index (Phi) is 4.94. The first kappa shape index (κ1) is 17.4. The molecule has 2 heterocycles. The molecular weight excluding hydrogens is 326 g/mol. The monoisotopic (exact) mass is 351 g/mol. The number of anilines is 1. The van der Waals surface area contributed by atoms with E-state index in [9.17, 15) is 13.2 Å². The van der Waals surface area contributed by atoms with E-state index in [0.717, 1.165) is 24.9 Å². The Morgan fingerprint density at radius 3 is 2.46 bits per heavy atom. The van der Waals surface area contributed by atoms with Crippen LogP contribution in [0.15, 0.2) is 29.2 Å². The Labute approximate surface area is 143 Å². The van der Waals surface area contributed by atoms with Crippen LogP contribution in [0, 0.1) is 5.92 Å². The third-order valence-electron chi connectivity index (χ3n) is 5.02. The summed E-state index contributed by atoms with van der Waals surface area (Å²) in [7, 11) is -3.51. The molecule has 0 aliphatic carbocycles. The van der Waals surface area contributed by atoms with Crippen LogP contribution in [-0.2, 0) is 14.8 Å². The fraction of sp³-hybridized carbons (Fsp3) is 0.588. The van der Waals surface area contributed by atoms with Gasteiger partial charge in [-0.25, -0.2) is 8.42 Å². The van der Waals surface area contributed by atoms with E-state index in [-0.39, 0.29) is 22.8 Å². The molecule has 0 aromatic heterocycles. The molecule has 2 aliphatic heterocycles. The van der Waals surface area contributed by atoms with Gasteiger partial charge >= 0.3 is 0 Å². The highest BCUT2D eigenvalue weighted by Crippen LogP contribution is 2.27. The molecule has 2 N–H and O–H groups in total. The van der Waals surface area contributed by atoms with Crippen molar-refractivity contribution in [2.45, 2.75) is 43.5 Å². The lowest BCUT2D eigenvalue weighted by Crippen LogP contribution is -2.44. The molecule has 0 unspecified atom stereocenters. The van der Waals surface area contributed by atoms with Crippen LogP contribution in [0.4, 0.5) is 5.69 Å². The Hall–Kier alpha value is -1.44. The van der Waals surface area contributed by atoms with Crippen molar-refractivity contribution in [1.82, 2.24) is 4.31 Å². The molecule has 3 rings (SSSR count). The van der Waals surface area contributed by atoms with E-state index in [1.807, 2.05) is 6.92 Å². The molecule has 7 heteroatoms. The summed E-state index contributed by atoms with van der Waals surface area (Å²) in [6.07, 6.45) is 3.23. The topological polar surface area (TPSA) is 83.7 Å². The van der Waals surface area contributed by atoms with Crippen LogP contribution in [0.25, 0.3) is 0 Å². The Bertz CT molecular complexity index is 700. The van der Waals surface area contributed by atoms with Crippen LogP contribution < -0.4 is 10.6 Å². The smallest absolute Gasteiger partial charge is 0.243 e. The molecule has 1 amide bonds. The van der Waals surface area contributed by atoms with Gasteiger partial charge in [0.1, 0.15) is 0 Å². The Morgan fingerprint density at radius 1 is 1.17 bits per heavy atom. The van der Waals surface area contributed by atoms with Crippen molar-refractivity contribution in [3.63, 3.8) is 0 Å². The lowest BCUT2D eigenvalue weighted by atomic mass is 9.93. The van der Waals surface area contributed by atoms with Crippen LogP contribution in [0.5, 0.6) is 0 Å². The number of carbonyl (C=O) groups excluding carboxylic acids is 1. The van der Waals surface area contributed by atoms with Gasteiger partial charge in [0.25, 0.3) is 0 Å². The Morgan fingerprint density at radius 2 is 1.88 bits per heavy atom. The minimum absolute atomic E-state index is 0.00782. The average Bonchev–Trinajstić information content (AvgIpc) is 3.01. The van der Waals surface area contributed by atoms with E-state index < -0.39 is 10.0 Å². The van der Waals surface area contributed by atoms with Crippen LogP contribution >= 0.6 is 0 Å². The van der Waals surface area contributed by atoms with Crippen LogP contribution in [-0.4, -0.2) is 44.3 Å². The van der Waals surface area contributed by atoms with Crippen LogP contribution in [0.1, 0.15) is 32.6 Å². The Balaban J connectivity index is 1.78. The number of nitrogens with zero attached hydrogens (tertiary/aromatic N) is 2. The lowest BCUT2D eigenvalue weighted by Gasteiger charge is -2.33. The van der Waals surface area contributed by atoms with E-state index >= 15 is 0 Å². The predicted molar refractivity (Wildman–Crippen MR) is 93.2 cm³/mol. The second-order valence-electron chi connectivity index (χ2n) is 6.77. The normalized spacial score (nSPS) is 24.3. The van der Waals surface area contributed by atoms with Crippen molar-refractivity contribution in [1.29, 1.82) is 0 Å². The predicted octanol–water partition coefficient (Wildman–Crippen LogP) is 1.56. The van der Waals surface area contributed by atoms with Gasteiger partial charge in [-0.2, -0.15) is 4.31 Å². The van der Waals surface area contributed by atoms with Gasteiger partial charge in [0.15, 0.2) is 0 Å². The van der Waals surface area contributed by atoms with Gasteiger partial charge < -0.3 is 10.6 Å². The molecule has 2 saturated heterocycles. The summed E-state index contributed by atoms with van der Waals surface area (Å²) in [5.74, 6) is 0.302. The number of hydrogen-bond donors (Lipinski definition) is 1.